The average Bonchev–Trinajstić information content (AvgIpc) is 2.29. The lowest BCUT2D eigenvalue weighted by atomic mass is 10.2. The molecule has 0 aliphatic rings. The number of nitrogens with one attached hydrogen (secondary N) is 1. The summed E-state index contributed by atoms with van der Waals surface area (Å²) in [5, 5.41) is 3.91. The minimum atomic E-state index is 0.673. The van der Waals surface area contributed by atoms with Crippen molar-refractivity contribution in [3.8, 4) is 0 Å². The van der Waals surface area contributed by atoms with Crippen LogP contribution in [-0.2, 0) is 0 Å². The third-order valence-corrected chi connectivity index (χ3v) is 3.31. The minimum Gasteiger partial charge on any atom is -0.398 e. The molecule has 0 saturated carbocycles. The molecule has 0 bridgehead atoms. The van der Waals surface area contributed by atoms with Crippen LogP contribution in [0.2, 0.25) is 5.02 Å². The van der Waals surface area contributed by atoms with E-state index in [1.54, 1.807) is 0 Å². The van der Waals surface area contributed by atoms with E-state index < -0.39 is 0 Å². The van der Waals surface area contributed by atoms with E-state index in [0.717, 1.165) is 27.1 Å². The topological polar surface area (TPSA) is 38.0 Å². The molecule has 0 unspecified atom stereocenters. The van der Waals surface area contributed by atoms with Crippen LogP contribution in [0.3, 0.4) is 0 Å². The monoisotopic (exact) mass is 310 g/mol. The van der Waals surface area contributed by atoms with E-state index in [1.807, 2.05) is 43.3 Å². The Kier molecular flexibility index (Phi) is 3.60. The molecule has 0 fully saturated rings. The van der Waals surface area contributed by atoms with Gasteiger partial charge >= 0.3 is 0 Å². The molecule has 17 heavy (non-hydrogen) atoms. The van der Waals surface area contributed by atoms with Crippen LogP contribution >= 0.6 is 27.5 Å². The van der Waals surface area contributed by atoms with E-state index in [2.05, 4.69) is 21.2 Å². The first-order valence-corrected chi connectivity index (χ1v) is 6.31. The summed E-state index contributed by atoms with van der Waals surface area (Å²) >= 11 is 9.51. The van der Waals surface area contributed by atoms with E-state index in [9.17, 15) is 0 Å². The number of halogens is 2. The van der Waals surface area contributed by atoms with E-state index in [0.29, 0.717) is 5.02 Å². The van der Waals surface area contributed by atoms with Crippen LogP contribution in [-0.4, -0.2) is 0 Å². The van der Waals surface area contributed by atoms with Crippen LogP contribution in [0.15, 0.2) is 40.9 Å². The summed E-state index contributed by atoms with van der Waals surface area (Å²) < 4.78 is 0.976. The van der Waals surface area contributed by atoms with Crippen molar-refractivity contribution in [3.05, 3.63) is 51.5 Å². The van der Waals surface area contributed by atoms with Crippen molar-refractivity contribution in [2.24, 2.45) is 0 Å². The molecule has 2 aromatic rings. The van der Waals surface area contributed by atoms with Gasteiger partial charge in [0.1, 0.15) is 0 Å². The lowest BCUT2D eigenvalue weighted by Crippen LogP contribution is -1.95. The third-order valence-electron chi connectivity index (χ3n) is 2.49. The molecule has 0 heterocycles. The quantitative estimate of drug-likeness (QED) is 0.786. The Bertz CT molecular complexity index is 555. The Hall–Kier alpha value is -1.19. The van der Waals surface area contributed by atoms with Gasteiger partial charge in [-0.1, -0.05) is 33.6 Å². The highest BCUT2D eigenvalue weighted by atomic mass is 79.9. The maximum Gasteiger partial charge on any atom is 0.0641 e. The summed E-state index contributed by atoms with van der Waals surface area (Å²) in [6.45, 7) is 1.98. The summed E-state index contributed by atoms with van der Waals surface area (Å²) in [5.41, 5.74) is 9.47. The molecule has 0 amide bonds. The van der Waals surface area contributed by atoms with Crippen LogP contribution in [0.4, 0.5) is 17.1 Å². The molecule has 0 aliphatic heterocycles. The van der Waals surface area contributed by atoms with E-state index in [-0.39, 0.29) is 0 Å². The van der Waals surface area contributed by atoms with Crippen molar-refractivity contribution in [3.63, 3.8) is 0 Å². The van der Waals surface area contributed by atoms with Crippen molar-refractivity contribution in [1.82, 2.24) is 0 Å². The van der Waals surface area contributed by atoms with Crippen molar-refractivity contribution in [2.75, 3.05) is 11.1 Å². The molecule has 2 nitrogen and oxygen atoms in total. The first-order valence-electron chi connectivity index (χ1n) is 5.14. The number of anilines is 3. The molecule has 2 rings (SSSR count). The maximum atomic E-state index is 6.10. The van der Waals surface area contributed by atoms with Gasteiger partial charge in [-0.05, 0) is 42.8 Å². The van der Waals surface area contributed by atoms with Gasteiger partial charge in [0, 0.05) is 15.8 Å². The smallest absolute Gasteiger partial charge is 0.0641 e. The highest BCUT2D eigenvalue weighted by Gasteiger charge is 2.02. The maximum absolute atomic E-state index is 6.10. The van der Waals surface area contributed by atoms with E-state index >= 15 is 0 Å². The van der Waals surface area contributed by atoms with Gasteiger partial charge in [0.05, 0.1) is 10.7 Å². The molecule has 4 heteroatoms. The fraction of sp³-hybridized carbons (Fsp3) is 0.0769. The van der Waals surface area contributed by atoms with Gasteiger partial charge in [-0.15, -0.1) is 0 Å². The van der Waals surface area contributed by atoms with Gasteiger partial charge in [-0.3, -0.25) is 0 Å². The van der Waals surface area contributed by atoms with Gasteiger partial charge < -0.3 is 11.1 Å². The van der Waals surface area contributed by atoms with E-state index in [4.69, 9.17) is 17.3 Å². The van der Waals surface area contributed by atoms with Gasteiger partial charge in [-0.2, -0.15) is 0 Å². The molecule has 0 saturated heterocycles. The van der Waals surface area contributed by atoms with Gasteiger partial charge in [0.15, 0.2) is 0 Å². The van der Waals surface area contributed by atoms with Crippen molar-refractivity contribution >= 4 is 44.6 Å². The Balaban J connectivity index is 2.31. The predicted molar refractivity (Wildman–Crippen MR) is 78.0 cm³/mol. The Morgan fingerprint density at radius 2 is 1.94 bits per heavy atom. The second-order valence-corrected chi connectivity index (χ2v) is 5.14. The van der Waals surface area contributed by atoms with Crippen molar-refractivity contribution in [2.45, 2.75) is 6.92 Å². The second kappa shape index (κ2) is 4.98. The SMILES string of the molecule is Cc1ccc(Nc2cc(Br)ccc2Cl)cc1N. The molecular formula is C13H12BrClN2. The Morgan fingerprint density at radius 1 is 1.18 bits per heavy atom. The van der Waals surface area contributed by atoms with Crippen molar-refractivity contribution < 1.29 is 0 Å². The van der Waals surface area contributed by atoms with Gasteiger partial charge in [0.25, 0.3) is 0 Å². The van der Waals surface area contributed by atoms with Crippen LogP contribution in [0, 0.1) is 6.92 Å². The highest BCUT2D eigenvalue weighted by Crippen LogP contribution is 2.29. The lowest BCUT2D eigenvalue weighted by molar-refractivity contribution is 1.45. The molecule has 0 radical (unpaired) electrons. The summed E-state index contributed by atoms with van der Waals surface area (Å²) in [6.07, 6.45) is 0. The fourth-order valence-corrected chi connectivity index (χ4v) is 1.99. The van der Waals surface area contributed by atoms with Gasteiger partial charge in [0.2, 0.25) is 0 Å². The molecule has 0 spiro atoms. The third kappa shape index (κ3) is 2.93. The average molecular weight is 312 g/mol. The number of aryl methyl sites for hydroxylation is 1. The summed E-state index contributed by atoms with van der Waals surface area (Å²) in [6, 6.07) is 11.5. The number of hydrogen-bond acceptors (Lipinski definition) is 2. The lowest BCUT2D eigenvalue weighted by Gasteiger charge is -2.10. The van der Waals surface area contributed by atoms with Crippen LogP contribution in [0.1, 0.15) is 5.56 Å². The zero-order valence-electron chi connectivity index (χ0n) is 9.30. The number of benzene rings is 2. The van der Waals surface area contributed by atoms with Crippen LogP contribution in [0.25, 0.3) is 0 Å². The Morgan fingerprint density at radius 3 is 2.65 bits per heavy atom. The number of nitrogens with two attached hydrogens (primary N) is 1. The number of rotatable bonds is 2. The van der Waals surface area contributed by atoms with Crippen LogP contribution < -0.4 is 11.1 Å². The fourth-order valence-electron chi connectivity index (χ4n) is 1.47. The second-order valence-electron chi connectivity index (χ2n) is 3.82. The molecule has 0 aromatic heterocycles. The molecular weight excluding hydrogens is 300 g/mol. The zero-order chi connectivity index (χ0) is 12.4. The van der Waals surface area contributed by atoms with Crippen LogP contribution in [0.5, 0.6) is 0 Å². The zero-order valence-corrected chi connectivity index (χ0v) is 11.6. The summed E-state index contributed by atoms with van der Waals surface area (Å²) in [7, 11) is 0. The number of hydrogen-bond donors (Lipinski definition) is 2. The van der Waals surface area contributed by atoms with E-state index in [1.165, 1.54) is 0 Å². The Labute approximate surface area is 114 Å². The predicted octanol–water partition coefficient (Wildman–Crippen LogP) is 4.74. The number of nitrogen functional groups attached to an aromatic ring is 1. The first-order chi connectivity index (χ1) is 8.06. The summed E-state index contributed by atoms with van der Waals surface area (Å²) in [5.74, 6) is 0. The highest BCUT2D eigenvalue weighted by molar-refractivity contribution is 9.10. The standard InChI is InChI=1S/C13H12BrClN2/c1-8-2-4-10(7-12(8)16)17-13-6-9(14)3-5-11(13)15/h2-7,17H,16H2,1H3. The molecule has 2 aromatic carbocycles. The molecule has 0 atom stereocenters. The first kappa shape index (κ1) is 12.3. The van der Waals surface area contributed by atoms with Gasteiger partial charge in [-0.25, -0.2) is 0 Å². The molecule has 3 N–H and O–H groups in total. The van der Waals surface area contributed by atoms with Crippen molar-refractivity contribution in [1.29, 1.82) is 0 Å². The molecule has 88 valence electrons. The minimum absolute atomic E-state index is 0.673. The summed E-state index contributed by atoms with van der Waals surface area (Å²) in [4.78, 5) is 0. The largest absolute Gasteiger partial charge is 0.398 e. The normalized spacial score (nSPS) is 10.3. The molecule has 0 aliphatic carbocycles.